The summed E-state index contributed by atoms with van der Waals surface area (Å²) in [5, 5.41) is 0. The van der Waals surface area contributed by atoms with Crippen LogP contribution in [0.15, 0.2) is 0 Å². The van der Waals surface area contributed by atoms with Crippen LogP contribution in [0.1, 0.15) is 60.8 Å². The van der Waals surface area contributed by atoms with Gasteiger partial charge in [-0.3, -0.25) is 9.80 Å². The Morgan fingerprint density at radius 3 is 2.05 bits per heavy atom. The Bertz CT molecular complexity index is 332. The summed E-state index contributed by atoms with van der Waals surface area (Å²) in [7, 11) is 0. The van der Waals surface area contributed by atoms with Crippen molar-refractivity contribution in [3.8, 4) is 0 Å². The zero-order chi connectivity index (χ0) is 16.4. The zero-order valence-electron chi connectivity index (χ0n) is 16.0. The van der Waals surface area contributed by atoms with E-state index in [1.54, 1.807) is 0 Å². The highest BCUT2D eigenvalue weighted by Gasteiger charge is 2.32. The summed E-state index contributed by atoms with van der Waals surface area (Å²) in [4.78, 5) is 8.10. The van der Waals surface area contributed by atoms with Gasteiger partial charge in [-0.15, -0.1) is 0 Å². The molecule has 1 unspecified atom stereocenters. The van der Waals surface area contributed by atoms with Gasteiger partial charge in [-0.05, 0) is 58.5 Å². The third-order valence-corrected chi connectivity index (χ3v) is 5.43. The molecule has 2 aliphatic rings. The second-order valence-corrected chi connectivity index (χ2v) is 9.60. The highest BCUT2D eigenvalue weighted by Crippen LogP contribution is 2.23. The Balaban J connectivity index is 1.69. The van der Waals surface area contributed by atoms with Crippen LogP contribution in [0.3, 0.4) is 0 Å². The summed E-state index contributed by atoms with van der Waals surface area (Å²) in [6.45, 7) is 23.0. The third kappa shape index (κ3) is 5.50. The van der Waals surface area contributed by atoms with Crippen molar-refractivity contribution in [1.29, 1.82) is 0 Å². The molecule has 22 heavy (non-hydrogen) atoms. The quantitative estimate of drug-likeness (QED) is 0.789. The number of hydrogen-bond acceptors (Lipinski definition) is 3. The molecule has 0 bridgehead atoms. The second-order valence-electron chi connectivity index (χ2n) is 9.60. The predicted molar refractivity (Wildman–Crippen MR) is 96.4 cm³/mol. The molecule has 1 atom stereocenters. The first-order valence-electron chi connectivity index (χ1n) is 9.37. The maximum atomic E-state index is 2.76. The molecule has 0 amide bonds. The Hall–Kier alpha value is -0.120. The molecule has 0 aromatic rings. The molecular weight excluding hydrogens is 270 g/mol. The summed E-state index contributed by atoms with van der Waals surface area (Å²) < 4.78 is 0. The van der Waals surface area contributed by atoms with Gasteiger partial charge in [0.1, 0.15) is 0 Å². The summed E-state index contributed by atoms with van der Waals surface area (Å²) >= 11 is 0. The van der Waals surface area contributed by atoms with Crippen LogP contribution < -0.4 is 0 Å². The summed E-state index contributed by atoms with van der Waals surface area (Å²) in [6.07, 6.45) is 4.08. The average Bonchev–Trinajstić information content (AvgIpc) is 2.85. The number of nitrogens with zero attached hydrogens (tertiary/aromatic N) is 3. The molecule has 2 heterocycles. The molecule has 0 aliphatic carbocycles. The Morgan fingerprint density at radius 1 is 0.864 bits per heavy atom. The first kappa shape index (κ1) is 18.2. The topological polar surface area (TPSA) is 9.72 Å². The largest absolute Gasteiger partial charge is 0.302 e. The van der Waals surface area contributed by atoms with Gasteiger partial charge in [0.25, 0.3) is 0 Å². The minimum absolute atomic E-state index is 0.334. The predicted octanol–water partition coefficient (Wildman–Crippen LogP) is 3.30. The van der Waals surface area contributed by atoms with E-state index in [0.717, 1.165) is 6.04 Å². The maximum absolute atomic E-state index is 2.76. The van der Waals surface area contributed by atoms with Crippen molar-refractivity contribution in [3.63, 3.8) is 0 Å². The molecule has 3 nitrogen and oxygen atoms in total. The van der Waals surface area contributed by atoms with Gasteiger partial charge in [-0.2, -0.15) is 0 Å². The van der Waals surface area contributed by atoms with Crippen LogP contribution in [0.25, 0.3) is 0 Å². The molecule has 2 fully saturated rings. The van der Waals surface area contributed by atoms with E-state index in [9.17, 15) is 0 Å². The van der Waals surface area contributed by atoms with E-state index in [4.69, 9.17) is 0 Å². The zero-order valence-corrected chi connectivity index (χ0v) is 16.0. The van der Waals surface area contributed by atoms with Crippen molar-refractivity contribution in [2.75, 3.05) is 45.8 Å². The summed E-state index contributed by atoms with van der Waals surface area (Å²) in [6, 6.07) is 0.816. The molecule has 0 aromatic carbocycles. The Kier molecular flexibility index (Phi) is 5.95. The molecule has 3 heteroatoms. The van der Waals surface area contributed by atoms with Crippen LogP contribution in [0.2, 0.25) is 0 Å². The van der Waals surface area contributed by atoms with Crippen molar-refractivity contribution in [3.05, 3.63) is 0 Å². The standard InChI is InChI=1S/C19H39N3/c1-18(2,3)9-7-10-20-11-8-17(16-20)21-12-14-22(15-13-21)19(4,5)6/h17H,7-16H2,1-6H3. The first-order chi connectivity index (χ1) is 10.1. The van der Waals surface area contributed by atoms with Crippen molar-refractivity contribution in [2.24, 2.45) is 5.41 Å². The molecule has 0 N–H and O–H groups in total. The minimum atomic E-state index is 0.334. The van der Waals surface area contributed by atoms with Gasteiger partial charge in [0.15, 0.2) is 0 Å². The van der Waals surface area contributed by atoms with Crippen LogP contribution in [-0.4, -0.2) is 72.1 Å². The molecule has 0 saturated carbocycles. The molecule has 2 saturated heterocycles. The van der Waals surface area contributed by atoms with Gasteiger partial charge in [0, 0.05) is 44.3 Å². The van der Waals surface area contributed by atoms with Gasteiger partial charge in [0.05, 0.1) is 0 Å². The fraction of sp³-hybridized carbons (Fsp3) is 1.00. The smallest absolute Gasteiger partial charge is 0.0236 e. The fourth-order valence-electron chi connectivity index (χ4n) is 3.90. The van der Waals surface area contributed by atoms with E-state index < -0.39 is 0 Å². The van der Waals surface area contributed by atoms with E-state index in [1.165, 1.54) is 65.1 Å². The van der Waals surface area contributed by atoms with Crippen molar-refractivity contribution >= 4 is 0 Å². The Morgan fingerprint density at radius 2 is 1.50 bits per heavy atom. The van der Waals surface area contributed by atoms with E-state index in [2.05, 4.69) is 56.2 Å². The molecular formula is C19H39N3. The first-order valence-corrected chi connectivity index (χ1v) is 9.37. The molecule has 2 rings (SSSR count). The van der Waals surface area contributed by atoms with Crippen LogP contribution in [0, 0.1) is 5.41 Å². The number of piperazine rings is 1. The lowest BCUT2D eigenvalue weighted by Crippen LogP contribution is -2.56. The van der Waals surface area contributed by atoms with Gasteiger partial charge in [0.2, 0.25) is 0 Å². The maximum Gasteiger partial charge on any atom is 0.0236 e. The third-order valence-electron chi connectivity index (χ3n) is 5.43. The summed E-state index contributed by atoms with van der Waals surface area (Å²) in [5.41, 5.74) is 0.823. The Labute approximate surface area is 139 Å². The van der Waals surface area contributed by atoms with Gasteiger partial charge in [-0.25, -0.2) is 0 Å². The molecule has 2 aliphatic heterocycles. The van der Waals surface area contributed by atoms with E-state index in [1.807, 2.05) is 0 Å². The molecule has 0 aromatic heterocycles. The number of likely N-dealkylation sites (tertiary alicyclic amines) is 1. The monoisotopic (exact) mass is 309 g/mol. The minimum Gasteiger partial charge on any atom is -0.302 e. The van der Waals surface area contributed by atoms with Crippen molar-refractivity contribution in [1.82, 2.24) is 14.7 Å². The SMILES string of the molecule is CC(C)(C)CCCN1CCC(N2CCN(C(C)(C)C)CC2)C1. The van der Waals surface area contributed by atoms with E-state index >= 15 is 0 Å². The molecule has 130 valence electrons. The number of rotatable bonds is 4. The van der Waals surface area contributed by atoms with Crippen molar-refractivity contribution in [2.45, 2.75) is 72.4 Å². The average molecular weight is 310 g/mol. The van der Waals surface area contributed by atoms with E-state index in [0.29, 0.717) is 11.0 Å². The lowest BCUT2D eigenvalue weighted by molar-refractivity contribution is 0.0436. The van der Waals surface area contributed by atoms with Crippen LogP contribution >= 0.6 is 0 Å². The van der Waals surface area contributed by atoms with Crippen LogP contribution in [0.4, 0.5) is 0 Å². The lowest BCUT2D eigenvalue weighted by Gasteiger charge is -2.44. The van der Waals surface area contributed by atoms with Gasteiger partial charge < -0.3 is 4.90 Å². The molecule has 0 spiro atoms. The lowest BCUT2D eigenvalue weighted by atomic mass is 9.90. The highest BCUT2D eigenvalue weighted by molar-refractivity contribution is 4.89. The van der Waals surface area contributed by atoms with Crippen LogP contribution in [0.5, 0.6) is 0 Å². The van der Waals surface area contributed by atoms with Crippen molar-refractivity contribution < 1.29 is 0 Å². The van der Waals surface area contributed by atoms with Gasteiger partial charge in [-0.1, -0.05) is 20.8 Å². The van der Waals surface area contributed by atoms with Crippen LogP contribution in [-0.2, 0) is 0 Å². The van der Waals surface area contributed by atoms with Gasteiger partial charge >= 0.3 is 0 Å². The normalized spacial score (nSPS) is 26.7. The van der Waals surface area contributed by atoms with E-state index in [-0.39, 0.29) is 0 Å². The highest BCUT2D eigenvalue weighted by atomic mass is 15.3. The molecule has 0 radical (unpaired) electrons. The fourth-order valence-corrected chi connectivity index (χ4v) is 3.90. The second kappa shape index (κ2) is 7.19. The number of hydrogen-bond donors (Lipinski definition) is 0. The summed E-state index contributed by atoms with van der Waals surface area (Å²) in [5.74, 6) is 0.